The van der Waals surface area contributed by atoms with E-state index in [4.69, 9.17) is 0 Å². The van der Waals surface area contributed by atoms with Gasteiger partial charge in [0.2, 0.25) is 0 Å². The number of aliphatic hydroxyl groups is 2. The van der Waals surface area contributed by atoms with Crippen molar-refractivity contribution in [2.45, 2.75) is 96.2 Å². The molecular weight excluding hydrogens is 346 g/mol. The predicted octanol–water partition coefficient (Wildman–Crippen LogP) is 5.33. The van der Waals surface area contributed by atoms with E-state index in [9.17, 15) is 10.2 Å². The fraction of sp³-hybridized carbons (Fsp3) is 0.840. The van der Waals surface area contributed by atoms with E-state index in [1.165, 1.54) is 32.2 Å². The number of hydrogen-bond acceptors (Lipinski definition) is 3. The molecule has 2 rings (SSSR count). The maximum absolute atomic E-state index is 10.8. The predicted molar refractivity (Wildman–Crippen MR) is 119 cm³/mol. The topological polar surface area (TPSA) is 43.7 Å². The summed E-state index contributed by atoms with van der Waals surface area (Å²) in [6.07, 6.45) is 18.5. The van der Waals surface area contributed by atoms with Crippen molar-refractivity contribution in [1.82, 2.24) is 4.90 Å². The van der Waals surface area contributed by atoms with Crippen molar-refractivity contribution in [3.8, 4) is 0 Å². The van der Waals surface area contributed by atoms with Crippen LogP contribution in [0.15, 0.2) is 23.8 Å². The number of fused-ring (bicyclic) bond motifs is 1. The fourth-order valence-electron chi connectivity index (χ4n) is 5.12. The standard InChI is InChI=1S/C25H45NO2/c1-5-7-14-25(28,6-2)15-11-13-22-23-18-20(17-21(23)19-24(22)27)12-9-8-10-16-26(3)4/h11,13,17,21-24,27-28H,5-10,12,14-16,18-19H2,1-4H3/b13-11+/t21-,22+,23-,24+,25-/m0/s1. The molecule has 0 unspecified atom stereocenters. The summed E-state index contributed by atoms with van der Waals surface area (Å²) < 4.78 is 0. The first kappa shape index (κ1) is 23.6. The molecule has 3 nitrogen and oxygen atoms in total. The molecule has 0 aliphatic heterocycles. The third-order valence-corrected chi connectivity index (χ3v) is 7.06. The number of nitrogens with zero attached hydrogens (tertiary/aromatic N) is 1. The normalized spacial score (nSPS) is 29.5. The fourth-order valence-corrected chi connectivity index (χ4v) is 5.12. The summed E-state index contributed by atoms with van der Waals surface area (Å²) in [6, 6.07) is 0. The van der Waals surface area contributed by atoms with Crippen LogP contribution < -0.4 is 0 Å². The Morgan fingerprint density at radius 1 is 1.18 bits per heavy atom. The molecule has 0 saturated heterocycles. The molecule has 2 aliphatic carbocycles. The molecule has 1 saturated carbocycles. The average Bonchev–Trinajstić information content (AvgIpc) is 3.17. The highest BCUT2D eigenvalue weighted by Crippen LogP contribution is 2.48. The molecule has 0 heterocycles. The van der Waals surface area contributed by atoms with Gasteiger partial charge in [-0.2, -0.15) is 0 Å². The molecule has 162 valence electrons. The molecule has 2 N–H and O–H groups in total. The van der Waals surface area contributed by atoms with Gasteiger partial charge in [-0.1, -0.05) is 56.9 Å². The van der Waals surface area contributed by atoms with E-state index in [0.717, 1.165) is 44.9 Å². The van der Waals surface area contributed by atoms with Crippen molar-refractivity contribution in [3.63, 3.8) is 0 Å². The minimum absolute atomic E-state index is 0.213. The molecule has 1 fully saturated rings. The van der Waals surface area contributed by atoms with Gasteiger partial charge in [0.1, 0.15) is 0 Å². The highest BCUT2D eigenvalue weighted by molar-refractivity contribution is 5.20. The maximum Gasteiger partial charge on any atom is 0.0679 e. The van der Waals surface area contributed by atoms with Crippen molar-refractivity contribution in [3.05, 3.63) is 23.8 Å². The Bertz CT molecular complexity index is 513. The van der Waals surface area contributed by atoms with Gasteiger partial charge in [0.25, 0.3) is 0 Å². The largest absolute Gasteiger partial charge is 0.392 e. The van der Waals surface area contributed by atoms with E-state index in [1.54, 1.807) is 5.57 Å². The van der Waals surface area contributed by atoms with E-state index in [0.29, 0.717) is 11.8 Å². The van der Waals surface area contributed by atoms with E-state index in [2.05, 4.69) is 51.1 Å². The molecule has 0 bridgehead atoms. The van der Waals surface area contributed by atoms with Gasteiger partial charge in [0, 0.05) is 5.92 Å². The van der Waals surface area contributed by atoms with Gasteiger partial charge in [-0.15, -0.1) is 0 Å². The van der Waals surface area contributed by atoms with Crippen LogP contribution in [0.5, 0.6) is 0 Å². The van der Waals surface area contributed by atoms with Crippen LogP contribution in [0.3, 0.4) is 0 Å². The van der Waals surface area contributed by atoms with Crippen LogP contribution in [0.2, 0.25) is 0 Å². The maximum atomic E-state index is 10.8. The third-order valence-electron chi connectivity index (χ3n) is 7.06. The molecule has 0 amide bonds. The summed E-state index contributed by atoms with van der Waals surface area (Å²) in [6.45, 7) is 5.44. The molecular formula is C25H45NO2. The number of aliphatic hydroxyl groups excluding tert-OH is 1. The van der Waals surface area contributed by atoms with Gasteiger partial charge >= 0.3 is 0 Å². The van der Waals surface area contributed by atoms with Crippen LogP contribution in [0.25, 0.3) is 0 Å². The third kappa shape index (κ3) is 7.00. The van der Waals surface area contributed by atoms with Gasteiger partial charge < -0.3 is 15.1 Å². The van der Waals surface area contributed by atoms with Crippen LogP contribution in [0.1, 0.15) is 84.5 Å². The molecule has 28 heavy (non-hydrogen) atoms. The highest BCUT2D eigenvalue weighted by Gasteiger charge is 2.43. The molecule has 0 aromatic carbocycles. The summed E-state index contributed by atoms with van der Waals surface area (Å²) in [4.78, 5) is 2.26. The van der Waals surface area contributed by atoms with Crippen LogP contribution in [0.4, 0.5) is 0 Å². The number of hydrogen-bond donors (Lipinski definition) is 2. The summed E-state index contributed by atoms with van der Waals surface area (Å²) >= 11 is 0. The SMILES string of the molecule is CCCC[C@@](O)(CC)C/C=C/[C@@H]1[C@H]2CC(CCCCCN(C)C)=C[C@H]2C[C@H]1O. The lowest BCUT2D eigenvalue weighted by molar-refractivity contribution is 0.0280. The number of rotatable bonds is 13. The van der Waals surface area contributed by atoms with E-state index < -0.39 is 5.60 Å². The van der Waals surface area contributed by atoms with E-state index in [-0.39, 0.29) is 12.0 Å². The smallest absolute Gasteiger partial charge is 0.0679 e. The van der Waals surface area contributed by atoms with Gasteiger partial charge in [-0.05, 0) is 83.8 Å². The quantitative estimate of drug-likeness (QED) is 0.329. The molecule has 2 aliphatic rings. The second kappa shape index (κ2) is 11.5. The first-order chi connectivity index (χ1) is 13.4. The minimum Gasteiger partial charge on any atom is -0.392 e. The van der Waals surface area contributed by atoms with Crippen molar-refractivity contribution in [1.29, 1.82) is 0 Å². The highest BCUT2D eigenvalue weighted by atomic mass is 16.3. The van der Waals surface area contributed by atoms with E-state index >= 15 is 0 Å². The van der Waals surface area contributed by atoms with Gasteiger partial charge in [-0.25, -0.2) is 0 Å². The molecule has 0 aromatic rings. The van der Waals surface area contributed by atoms with Crippen LogP contribution >= 0.6 is 0 Å². The summed E-state index contributed by atoms with van der Waals surface area (Å²) in [7, 11) is 4.29. The molecule has 3 heteroatoms. The van der Waals surface area contributed by atoms with Gasteiger partial charge in [0.15, 0.2) is 0 Å². The Kier molecular flexibility index (Phi) is 9.73. The lowest BCUT2D eigenvalue weighted by Crippen LogP contribution is -2.27. The van der Waals surface area contributed by atoms with Crippen molar-refractivity contribution < 1.29 is 10.2 Å². The second-order valence-electron chi connectivity index (χ2n) is 9.66. The Morgan fingerprint density at radius 3 is 2.64 bits per heavy atom. The first-order valence-corrected chi connectivity index (χ1v) is 11.8. The van der Waals surface area contributed by atoms with Crippen molar-refractivity contribution in [2.75, 3.05) is 20.6 Å². The molecule has 0 aromatic heterocycles. The Balaban J connectivity index is 1.80. The number of allylic oxidation sites excluding steroid dienone is 2. The zero-order valence-electron chi connectivity index (χ0n) is 18.9. The average molecular weight is 392 g/mol. The summed E-state index contributed by atoms with van der Waals surface area (Å²) in [5.74, 6) is 1.40. The number of unbranched alkanes of at least 4 members (excludes halogenated alkanes) is 3. The Labute approximate surface area is 173 Å². The van der Waals surface area contributed by atoms with Gasteiger partial charge in [0.05, 0.1) is 11.7 Å². The summed E-state index contributed by atoms with van der Waals surface area (Å²) in [5, 5.41) is 21.3. The Hall–Kier alpha value is -0.640. The lowest BCUT2D eigenvalue weighted by Gasteiger charge is -2.26. The van der Waals surface area contributed by atoms with Crippen molar-refractivity contribution in [2.24, 2.45) is 17.8 Å². The molecule has 0 spiro atoms. The summed E-state index contributed by atoms with van der Waals surface area (Å²) in [5.41, 5.74) is 1.05. The van der Waals surface area contributed by atoms with Crippen LogP contribution in [0, 0.1) is 17.8 Å². The van der Waals surface area contributed by atoms with E-state index in [1.807, 2.05) is 0 Å². The zero-order valence-corrected chi connectivity index (χ0v) is 18.9. The van der Waals surface area contributed by atoms with Gasteiger partial charge in [-0.3, -0.25) is 0 Å². The zero-order chi connectivity index (χ0) is 20.6. The molecule has 0 radical (unpaired) electrons. The lowest BCUT2D eigenvalue weighted by atomic mass is 9.86. The first-order valence-electron chi connectivity index (χ1n) is 11.8. The van der Waals surface area contributed by atoms with Crippen molar-refractivity contribution >= 4 is 0 Å². The minimum atomic E-state index is -0.568. The monoisotopic (exact) mass is 391 g/mol. The van der Waals surface area contributed by atoms with Crippen LogP contribution in [-0.2, 0) is 0 Å². The Morgan fingerprint density at radius 2 is 1.96 bits per heavy atom. The molecule has 5 atom stereocenters. The second-order valence-corrected chi connectivity index (χ2v) is 9.66. The van der Waals surface area contributed by atoms with Crippen LogP contribution in [-0.4, -0.2) is 47.5 Å².